The van der Waals surface area contributed by atoms with Gasteiger partial charge in [0.05, 0.1) is 11.4 Å². The highest BCUT2D eigenvalue weighted by Gasteiger charge is 2.13. The van der Waals surface area contributed by atoms with E-state index >= 15 is 0 Å². The van der Waals surface area contributed by atoms with Crippen LogP contribution in [-0.2, 0) is 9.59 Å². The van der Waals surface area contributed by atoms with E-state index in [4.69, 9.17) is 10.2 Å². The summed E-state index contributed by atoms with van der Waals surface area (Å²) in [6.07, 6.45) is 2.75. The highest BCUT2D eigenvalue weighted by atomic mass is 16.4. The normalized spacial score (nSPS) is 10.5. The van der Waals surface area contributed by atoms with Crippen molar-refractivity contribution in [1.29, 1.82) is 0 Å². The van der Waals surface area contributed by atoms with Crippen LogP contribution in [0.4, 0.5) is 35.2 Å². The summed E-state index contributed by atoms with van der Waals surface area (Å²) >= 11 is 0. The number of fused-ring (bicyclic) bond motifs is 1. The van der Waals surface area contributed by atoms with Gasteiger partial charge in [-0.15, -0.1) is 0 Å². The fraction of sp³-hybridized carbons (Fsp3) is 0.100. The van der Waals surface area contributed by atoms with E-state index in [1.165, 1.54) is 12.7 Å². The van der Waals surface area contributed by atoms with Crippen molar-refractivity contribution in [3.8, 4) is 0 Å². The van der Waals surface area contributed by atoms with E-state index in [0.717, 1.165) is 10.8 Å². The van der Waals surface area contributed by atoms with E-state index < -0.39 is 25.0 Å². The standard InChI is InChI=1S/C20H18N10O4/c31-14(32)7-22-18-28-19(23-8-15(33)34)30-20(29-18)27-13-6-2-4-11-3-1-5-12(16(11)13)26-17-24-9-21-10-25-17/h1-6,9-10H,7-8H2,(H,31,32)(H,33,34)(H,21,24,25,26)(H3,22,23,27,28,29,30). The maximum absolute atomic E-state index is 10.9. The van der Waals surface area contributed by atoms with Crippen LogP contribution < -0.4 is 21.3 Å². The average molecular weight is 462 g/mol. The highest BCUT2D eigenvalue weighted by molar-refractivity contribution is 6.04. The second-order valence-corrected chi connectivity index (χ2v) is 6.72. The molecule has 172 valence electrons. The van der Waals surface area contributed by atoms with Crippen molar-refractivity contribution in [2.75, 3.05) is 34.4 Å². The molecule has 0 saturated heterocycles. The number of anilines is 6. The Labute approximate surface area is 191 Å². The summed E-state index contributed by atoms with van der Waals surface area (Å²) in [4.78, 5) is 46.2. The first-order valence-electron chi connectivity index (χ1n) is 9.83. The Kier molecular flexibility index (Phi) is 6.48. The van der Waals surface area contributed by atoms with Crippen molar-refractivity contribution in [3.05, 3.63) is 49.1 Å². The Morgan fingerprint density at radius 1 is 0.706 bits per heavy atom. The molecule has 14 heteroatoms. The van der Waals surface area contributed by atoms with Crippen molar-refractivity contribution in [1.82, 2.24) is 29.9 Å². The SMILES string of the molecule is O=C(O)CNc1nc(NCC(=O)O)nc(Nc2cccc3cccc(Nc4ncncn4)c23)n1. The average Bonchev–Trinajstić information content (AvgIpc) is 2.82. The number of rotatable bonds is 10. The third kappa shape index (κ3) is 5.56. The molecular formula is C20H18N10O4. The fourth-order valence-corrected chi connectivity index (χ4v) is 2.99. The van der Waals surface area contributed by atoms with Crippen LogP contribution in [0, 0.1) is 0 Å². The molecule has 0 aliphatic carbocycles. The monoisotopic (exact) mass is 462 g/mol. The van der Waals surface area contributed by atoms with Crippen LogP contribution in [0.2, 0.25) is 0 Å². The molecule has 0 radical (unpaired) electrons. The molecule has 0 aliphatic heterocycles. The lowest BCUT2D eigenvalue weighted by Gasteiger charge is -2.14. The zero-order valence-corrected chi connectivity index (χ0v) is 17.4. The Hall–Kier alpha value is -5.14. The van der Waals surface area contributed by atoms with Crippen molar-refractivity contribution in [2.45, 2.75) is 0 Å². The number of nitrogens with one attached hydrogen (secondary N) is 4. The third-order valence-electron chi connectivity index (χ3n) is 4.32. The first-order valence-corrected chi connectivity index (χ1v) is 9.83. The lowest BCUT2D eigenvalue weighted by molar-refractivity contribution is -0.135. The molecule has 0 unspecified atom stereocenters. The molecule has 6 N–H and O–H groups in total. The summed E-state index contributed by atoms with van der Waals surface area (Å²) in [5, 5.41) is 30.9. The molecule has 2 aromatic carbocycles. The Balaban J connectivity index is 1.70. The van der Waals surface area contributed by atoms with Crippen LogP contribution in [0.3, 0.4) is 0 Å². The smallest absolute Gasteiger partial charge is 0.322 e. The van der Waals surface area contributed by atoms with Gasteiger partial charge < -0.3 is 31.5 Å². The van der Waals surface area contributed by atoms with E-state index in [1.54, 1.807) is 6.07 Å². The second kappa shape index (κ2) is 9.99. The fourth-order valence-electron chi connectivity index (χ4n) is 2.99. The first-order chi connectivity index (χ1) is 16.5. The molecule has 0 fully saturated rings. The topological polar surface area (TPSA) is 200 Å². The van der Waals surface area contributed by atoms with Gasteiger partial charge in [0.2, 0.25) is 23.8 Å². The number of carboxylic acids is 2. The molecule has 14 nitrogen and oxygen atoms in total. The van der Waals surface area contributed by atoms with Crippen molar-refractivity contribution < 1.29 is 19.8 Å². The molecule has 0 aliphatic rings. The van der Waals surface area contributed by atoms with Crippen LogP contribution in [0.5, 0.6) is 0 Å². The van der Waals surface area contributed by atoms with Crippen LogP contribution >= 0.6 is 0 Å². The predicted octanol–water partition coefficient (Wildman–Crippen LogP) is 1.69. The molecule has 4 rings (SSSR count). The minimum absolute atomic E-state index is 0.0449. The van der Waals surface area contributed by atoms with Crippen molar-refractivity contribution >= 4 is 57.9 Å². The third-order valence-corrected chi connectivity index (χ3v) is 4.32. The number of hydrogen-bond donors (Lipinski definition) is 6. The summed E-state index contributed by atoms with van der Waals surface area (Å²) < 4.78 is 0. The van der Waals surface area contributed by atoms with E-state index in [2.05, 4.69) is 51.2 Å². The van der Waals surface area contributed by atoms with Gasteiger partial charge in [0.25, 0.3) is 0 Å². The summed E-state index contributed by atoms with van der Waals surface area (Å²) in [5.41, 5.74) is 1.32. The van der Waals surface area contributed by atoms with E-state index in [-0.39, 0.29) is 17.8 Å². The molecule has 0 spiro atoms. The van der Waals surface area contributed by atoms with Crippen LogP contribution in [-0.4, -0.2) is 65.1 Å². The molecule has 4 aromatic rings. The Morgan fingerprint density at radius 3 is 1.74 bits per heavy atom. The summed E-state index contributed by atoms with van der Waals surface area (Å²) in [6.45, 7) is -0.869. The number of aromatic nitrogens is 6. The van der Waals surface area contributed by atoms with Crippen LogP contribution in [0.1, 0.15) is 0 Å². The van der Waals surface area contributed by atoms with Crippen LogP contribution in [0.25, 0.3) is 10.8 Å². The molecule has 0 bridgehead atoms. The van der Waals surface area contributed by atoms with Gasteiger partial charge in [-0.2, -0.15) is 15.0 Å². The Morgan fingerprint density at radius 2 is 1.21 bits per heavy atom. The zero-order chi connectivity index (χ0) is 23.9. The van der Waals surface area contributed by atoms with Gasteiger partial charge >= 0.3 is 11.9 Å². The highest BCUT2D eigenvalue weighted by Crippen LogP contribution is 2.33. The van der Waals surface area contributed by atoms with Gasteiger partial charge in [0.15, 0.2) is 0 Å². The molecule has 2 aromatic heterocycles. The zero-order valence-electron chi connectivity index (χ0n) is 17.4. The van der Waals surface area contributed by atoms with Gasteiger partial charge in [-0.1, -0.05) is 24.3 Å². The molecule has 0 amide bonds. The van der Waals surface area contributed by atoms with E-state index in [1.807, 2.05) is 30.3 Å². The van der Waals surface area contributed by atoms with Gasteiger partial charge in [-0.3, -0.25) is 9.59 Å². The molecule has 0 atom stereocenters. The minimum atomic E-state index is -1.11. The lowest BCUT2D eigenvalue weighted by Crippen LogP contribution is -2.18. The quantitative estimate of drug-likeness (QED) is 0.199. The molecular weight excluding hydrogens is 444 g/mol. The first kappa shape index (κ1) is 22.1. The number of carboxylic acid groups (broad SMARTS) is 2. The maximum atomic E-state index is 10.9. The molecule has 2 heterocycles. The van der Waals surface area contributed by atoms with Gasteiger partial charge in [-0.25, -0.2) is 15.0 Å². The predicted molar refractivity (Wildman–Crippen MR) is 122 cm³/mol. The largest absolute Gasteiger partial charge is 0.480 e. The number of carbonyl (C=O) groups is 2. The second-order valence-electron chi connectivity index (χ2n) is 6.72. The lowest BCUT2D eigenvalue weighted by atomic mass is 10.1. The maximum Gasteiger partial charge on any atom is 0.322 e. The van der Waals surface area contributed by atoms with Gasteiger partial charge in [-0.05, 0) is 17.5 Å². The Bertz CT molecular complexity index is 1290. The number of aliphatic carboxylic acids is 2. The number of hydrogen-bond acceptors (Lipinski definition) is 12. The number of benzene rings is 2. The van der Waals surface area contributed by atoms with Crippen molar-refractivity contribution in [3.63, 3.8) is 0 Å². The summed E-state index contributed by atoms with van der Waals surface area (Å²) in [5.74, 6) is -1.89. The molecule has 34 heavy (non-hydrogen) atoms. The van der Waals surface area contributed by atoms with E-state index in [0.29, 0.717) is 17.3 Å². The van der Waals surface area contributed by atoms with Crippen molar-refractivity contribution in [2.24, 2.45) is 0 Å². The minimum Gasteiger partial charge on any atom is -0.480 e. The summed E-state index contributed by atoms with van der Waals surface area (Å²) in [7, 11) is 0. The number of nitrogens with zero attached hydrogens (tertiary/aromatic N) is 6. The molecule has 0 saturated carbocycles. The van der Waals surface area contributed by atoms with Gasteiger partial charge in [0, 0.05) is 5.39 Å². The van der Waals surface area contributed by atoms with Crippen LogP contribution in [0.15, 0.2) is 49.1 Å². The van der Waals surface area contributed by atoms with E-state index in [9.17, 15) is 9.59 Å². The van der Waals surface area contributed by atoms with Gasteiger partial charge in [0.1, 0.15) is 25.7 Å². The summed E-state index contributed by atoms with van der Waals surface area (Å²) in [6, 6.07) is 11.2.